The second-order valence-corrected chi connectivity index (χ2v) is 5.88. The normalized spacial score (nSPS) is 12.9. The van der Waals surface area contributed by atoms with Crippen LogP contribution < -0.4 is 5.46 Å². The van der Waals surface area contributed by atoms with Crippen LogP contribution in [0.2, 0.25) is 0 Å². The largest absolute Gasteiger partial charge is 0.494 e. The highest BCUT2D eigenvalue weighted by Crippen LogP contribution is 2.10. The fourth-order valence-electron chi connectivity index (χ4n) is 2.09. The number of hydrogen-bond donors (Lipinski definition) is 0. The third kappa shape index (κ3) is 7.44. The van der Waals surface area contributed by atoms with Crippen LogP contribution in [0.4, 0.5) is 4.39 Å². The molecule has 0 saturated carbocycles. The van der Waals surface area contributed by atoms with Crippen molar-refractivity contribution >= 4 is 12.6 Å². The highest BCUT2D eigenvalue weighted by Gasteiger charge is 2.27. The first-order valence-electron chi connectivity index (χ1n) is 8.15. The predicted molar refractivity (Wildman–Crippen MR) is 90.1 cm³/mol. The van der Waals surface area contributed by atoms with Gasteiger partial charge in [0.15, 0.2) is 6.29 Å². The smallest absolute Gasteiger partial charge is 0.405 e. The number of benzene rings is 1. The summed E-state index contributed by atoms with van der Waals surface area (Å²) in [6.07, 6.45) is -0.383. The quantitative estimate of drug-likeness (QED) is 0.488. The van der Waals surface area contributed by atoms with Crippen molar-refractivity contribution in [3.8, 4) is 0 Å². The maximum absolute atomic E-state index is 13.6. The van der Waals surface area contributed by atoms with E-state index in [0.29, 0.717) is 12.2 Å². The van der Waals surface area contributed by atoms with Crippen molar-refractivity contribution in [1.82, 2.24) is 0 Å². The van der Waals surface area contributed by atoms with E-state index in [9.17, 15) is 4.39 Å². The van der Waals surface area contributed by atoms with Crippen LogP contribution in [0.15, 0.2) is 18.2 Å². The first-order valence-corrected chi connectivity index (χ1v) is 8.15. The minimum atomic E-state index is -0.559. The Morgan fingerprint density at radius 1 is 1.00 bits per heavy atom. The van der Waals surface area contributed by atoms with E-state index in [-0.39, 0.29) is 30.9 Å². The fourth-order valence-corrected chi connectivity index (χ4v) is 2.09. The van der Waals surface area contributed by atoms with Crippen molar-refractivity contribution in [2.24, 2.45) is 0 Å². The molecule has 4 nitrogen and oxygen atoms in total. The molecule has 130 valence electrons. The maximum Gasteiger partial charge on any atom is 0.494 e. The Bertz CT molecular complexity index is 458. The lowest BCUT2D eigenvalue weighted by atomic mass is 9.75. The molecule has 1 aromatic rings. The van der Waals surface area contributed by atoms with Gasteiger partial charge in [0.2, 0.25) is 0 Å². The summed E-state index contributed by atoms with van der Waals surface area (Å²) in [6.45, 7) is 12.3. The summed E-state index contributed by atoms with van der Waals surface area (Å²) in [4.78, 5) is 0. The SMILES string of the molecule is CCOC(C)OCc1cc(F)ccc1B(OC(C)C)OC(C)C. The summed E-state index contributed by atoms with van der Waals surface area (Å²) in [7, 11) is -0.559. The lowest BCUT2D eigenvalue weighted by molar-refractivity contribution is -0.134. The van der Waals surface area contributed by atoms with Crippen molar-refractivity contribution in [3.05, 3.63) is 29.6 Å². The van der Waals surface area contributed by atoms with E-state index >= 15 is 0 Å². The van der Waals surface area contributed by atoms with Crippen LogP contribution in [0.1, 0.15) is 47.1 Å². The zero-order chi connectivity index (χ0) is 17.4. The molecular weight excluding hydrogens is 298 g/mol. The average molecular weight is 326 g/mol. The van der Waals surface area contributed by atoms with E-state index in [1.54, 1.807) is 6.07 Å². The molecule has 0 bridgehead atoms. The third-order valence-corrected chi connectivity index (χ3v) is 3.03. The lowest BCUT2D eigenvalue weighted by Gasteiger charge is -2.22. The molecule has 0 saturated heterocycles. The highest BCUT2D eigenvalue weighted by molar-refractivity contribution is 6.61. The average Bonchev–Trinajstić information content (AvgIpc) is 2.44. The van der Waals surface area contributed by atoms with Crippen molar-refractivity contribution in [2.75, 3.05) is 6.61 Å². The van der Waals surface area contributed by atoms with Crippen LogP contribution in [-0.2, 0) is 25.4 Å². The van der Waals surface area contributed by atoms with Crippen LogP contribution in [0.3, 0.4) is 0 Å². The molecule has 0 radical (unpaired) electrons. The van der Waals surface area contributed by atoms with Gasteiger partial charge in [-0.3, -0.25) is 0 Å². The summed E-state index contributed by atoms with van der Waals surface area (Å²) in [5.41, 5.74) is 1.47. The minimum Gasteiger partial charge on any atom is -0.405 e. The molecule has 0 amide bonds. The van der Waals surface area contributed by atoms with Crippen LogP contribution in [0.5, 0.6) is 0 Å². The summed E-state index contributed by atoms with van der Waals surface area (Å²) in [6, 6.07) is 4.55. The van der Waals surface area contributed by atoms with Crippen LogP contribution in [0, 0.1) is 5.82 Å². The van der Waals surface area contributed by atoms with Gasteiger partial charge in [-0.25, -0.2) is 4.39 Å². The molecule has 1 unspecified atom stereocenters. The fraction of sp³-hybridized carbons (Fsp3) is 0.647. The molecule has 0 aliphatic rings. The van der Waals surface area contributed by atoms with Gasteiger partial charge in [-0.1, -0.05) is 6.07 Å². The standard InChI is InChI=1S/C17H28BFO4/c1-7-20-14(6)21-11-15-10-16(19)8-9-17(15)18(22-12(2)3)23-13(4)5/h8-10,12-14H,7,11H2,1-6H3. The summed E-state index contributed by atoms with van der Waals surface area (Å²) in [5.74, 6) is -0.316. The molecule has 1 aromatic carbocycles. The van der Waals surface area contributed by atoms with Crippen LogP contribution >= 0.6 is 0 Å². The van der Waals surface area contributed by atoms with Crippen molar-refractivity contribution < 1.29 is 23.2 Å². The topological polar surface area (TPSA) is 36.9 Å². The Morgan fingerprint density at radius 2 is 1.61 bits per heavy atom. The van der Waals surface area contributed by atoms with E-state index in [0.717, 1.165) is 5.46 Å². The van der Waals surface area contributed by atoms with E-state index < -0.39 is 7.12 Å². The molecule has 0 aromatic heterocycles. The van der Waals surface area contributed by atoms with E-state index in [1.807, 2.05) is 41.5 Å². The molecule has 0 aliphatic heterocycles. The Hall–Kier alpha value is -0.945. The lowest BCUT2D eigenvalue weighted by Crippen LogP contribution is -2.43. The Kier molecular flexibility index (Phi) is 8.77. The van der Waals surface area contributed by atoms with Crippen molar-refractivity contribution in [3.63, 3.8) is 0 Å². The molecule has 0 heterocycles. The molecule has 0 fully saturated rings. The van der Waals surface area contributed by atoms with Crippen molar-refractivity contribution in [1.29, 1.82) is 0 Å². The first-order chi connectivity index (χ1) is 10.8. The second kappa shape index (κ2) is 10.0. The van der Waals surface area contributed by atoms with E-state index in [1.165, 1.54) is 12.1 Å². The number of hydrogen-bond acceptors (Lipinski definition) is 4. The second-order valence-electron chi connectivity index (χ2n) is 5.88. The van der Waals surface area contributed by atoms with Gasteiger partial charge in [-0.05, 0) is 64.7 Å². The van der Waals surface area contributed by atoms with Crippen molar-refractivity contribution in [2.45, 2.75) is 66.6 Å². The van der Waals surface area contributed by atoms with Gasteiger partial charge in [0.1, 0.15) is 5.82 Å². The molecule has 6 heteroatoms. The zero-order valence-electron chi connectivity index (χ0n) is 15.0. The minimum absolute atomic E-state index is 0.0140. The monoisotopic (exact) mass is 326 g/mol. The van der Waals surface area contributed by atoms with Gasteiger partial charge in [-0.2, -0.15) is 0 Å². The molecule has 23 heavy (non-hydrogen) atoms. The number of halogens is 1. The van der Waals surface area contributed by atoms with Crippen LogP contribution in [-0.4, -0.2) is 32.2 Å². The van der Waals surface area contributed by atoms with Gasteiger partial charge in [0, 0.05) is 18.8 Å². The third-order valence-electron chi connectivity index (χ3n) is 3.03. The van der Waals surface area contributed by atoms with E-state index in [2.05, 4.69) is 0 Å². The van der Waals surface area contributed by atoms with Gasteiger partial charge in [0.25, 0.3) is 0 Å². The van der Waals surface area contributed by atoms with Gasteiger partial charge in [0.05, 0.1) is 6.61 Å². The Morgan fingerprint density at radius 3 is 2.13 bits per heavy atom. The van der Waals surface area contributed by atoms with E-state index in [4.69, 9.17) is 18.8 Å². The summed E-state index contributed by atoms with van der Waals surface area (Å²) in [5, 5.41) is 0. The molecular formula is C17H28BFO4. The zero-order valence-corrected chi connectivity index (χ0v) is 15.0. The number of ether oxygens (including phenoxy) is 2. The van der Waals surface area contributed by atoms with Gasteiger partial charge >= 0.3 is 7.12 Å². The van der Waals surface area contributed by atoms with Crippen LogP contribution in [0.25, 0.3) is 0 Å². The maximum atomic E-state index is 13.6. The Labute approximate surface area is 139 Å². The predicted octanol–water partition coefficient (Wildman–Crippen LogP) is 3.27. The first kappa shape index (κ1) is 20.1. The Balaban J connectivity index is 2.97. The summed E-state index contributed by atoms with van der Waals surface area (Å²) < 4.78 is 36.3. The molecule has 1 rings (SSSR count). The molecule has 0 N–H and O–H groups in total. The highest BCUT2D eigenvalue weighted by atomic mass is 19.1. The molecule has 1 atom stereocenters. The van der Waals surface area contributed by atoms with Gasteiger partial charge < -0.3 is 18.8 Å². The molecule has 0 spiro atoms. The summed E-state index contributed by atoms with van der Waals surface area (Å²) >= 11 is 0. The number of rotatable bonds is 10. The molecule has 0 aliphatic carbocycles. The van der Waals surface area contributed by atoms with Gasteiger partial charge in [-0.15, -0.1) is 0 Å².